The number of unbranched alkanes of at least 4 members (excludes halogenated alkanes) is 8. The van der Waals surface area contributed by atoms with Gasteiger partial charge in [-0.3, -0.25) is 0 Å². The summed E-state index contributed by atoms with van der Waals surface area (Å²) in [5.41, 5.74) is 0. The smallest absolute Gasteiger partial charge is 0.131 e. The van der Waals surface area contributed by atoms with E-state index in [1.165, 1.54) is 57.8 Å². The molecule has 1 aromatic heterocycles. The number of nitrogens with zero attached hydrogens (tertiary/aromatic N) is 3. The molecule has 0 N–H and O–H groups in total. The fourth-order valence-electron chi connectivity index (χ4n) is 1.99. The molecule has 0 amide bonds. The van der Waals surface area contributed by atoms with Gasteiger partial charge in [-0.15, -0.1) is 0 Å². The Labute approximate surface area is 105 Å². The molecule has 0 saturated carbocycles. The Morgan fingerprint density at radius 3 is 1.88 bits per heavy atom. The Hall–Kier alpha value is -0.990. The number of aryl methyl sites for hydroxylation is 1. The van der Waals surface area contributed by atoms with Crippen molar-refractivity contribution in [3.8, 4) is 0 Å². The summed E-state index contributed by atoms with van der Waals surface area (Å²) in [6, 6.07) is 0. The van der Waals surface area contributed by atoms with Gasteiger partial charge in [0.2, 0.25) is 0 Å². The topological polar surface area (TPSA) is 38.7 Å². The first-order valence-electron chi connectivity index (χ1n) is 7.04. The highest BCUT2D eigenvalue weighted by Gasteiger charge is 1.95. The van der Waals surface area contributed by atoms with E-state index >= 15 is 0 Å². The molecule has 1 heterocycles. The second-order valence-electron chi connectivity index (χ2n) is 4.63. The lowest BCUT2D eigenvalue weighted by Gasteiger charge is -2.01. The summed E-state index contributed by atoms with van der Waals surface area (Å²) < 4.78 is 0. The molecule has 0 radical (unpaired) electrons. The van der Waals surface area contributed by atoms with E-state index in [1.807, 2.05) is 0 Å². The summed E-state index contributed by atoms with van der Waals surface area (Å²) in [7, 11) is 0. The molecule has 0 aromatic carbocycles. The van der Waals surface area contributed by atoms with E-state index in [4.69, 9.17) is 0 Å². The van der Waals surface area contributed by atoms with Crippen molar-refractivity contribution in [3.63, 3.8) is 0 Å². The van der Waals surface area contributed by atoms with Gasteiger partial charge in [0, 0.05) is 6.42 Å². The van der Waals surface area contributed by atoms with Gasteiger partial charge in [0.25, 0.3) is 0 Å². The molecule has 0 fully saturated rings. The molecular weight excluding hydrogens is 210 g/mol. The van der Waals surface area contributed by atoms with Crippen molar-refractivity contribution in [2.45, 2.75) is 71.1 Å². The highest BCUT2D eigenvalue weighted by molar-refractivity contribution is 4.80. The highest BCUT2D eigenvalue weighted by atomic mass is 15.0. The summed E-state index contributed by atoms with van der Waals surface area (Å²) in [4.78, 5) is 12.1. The standard InChI is InChI=1S/C14H25N3/c1-2-3-4-5-6-7-8-9-10-11-14-16-12-15-13-17-14/h12-13H,2-11H2,1H3. The van der Waals surface area contributed by atoms with Crippen LogP contribution in [0.5, 0.6) is 0 Å². The Morgan fingerprint density at radius 2 is 1.29 bits per heavy atom. The van der Waals surface area contributed by atoms with Gasteiger partial charge < -0.3 is 0 Å². The van der Waals surface area contributed by atoms with Gasteiger partial charge >= 0.3 is 0 Å². The van der Waals surface area contributed by atoms with Crippen LogP contribution < -0.4 is 0 Å². The highest BCUT2D eigenvalue weighted by Crippen LogP contribution is 2.10. The molecule has 1 rings (SSSR count). The summed E-state index contributed by atoms with van der Waals surface area (Å²) in [6.45, 7) is 2.27. The van der Waals surface area contributed by atoms with Crippen molar-refractivity contribution in [2.24, 2.45) is 0 Å². The molecule has 3 heteroatoms. The van der Waals surface area contributed by atoms with Crippen LogP contribution in [0.4, 0.5) is 0 Å². The fourth-order valence-corrected chi connectivity index (χ4v) is 1.99. The Kier molecular flexibility index (Phi) is 8.43. The Balaban J connectivity index is 1.85. The summed E-state index contributed by atoms with van der Waals surface area (Å²) in [5.74, 6) is 0.933. The van der Waals surface area contributed by atoms with E-state index in [1.54, 1.807) is 12.7 Å². The zero-order valence-electron chi connectivity index (χ0n) is 11.1. The van der Waals surface area contributed by atoms with E-state index in [9.17, 15) is 0 Å². The third-order valence-corrected chi connectivity index (χ3v) is 3.05. The van der Waals surface area contributed by atoms with Crippen LogP contribution in [0.15, 0.2) is 12.7 Å². The minimum Gasteiger partial charge on any atom is -0.225 e. The molecule has 3 nitrogen and oxygen atoms in total. The zero-order valence-corrected chi connectivity index (χ0v) is 11.1. The molecule has 0 saturated heterocycles. The molecule has 0 bridgehead atoms. The lowest BCUT2D eigenvalue weighted by atomic mass is 10.1. The number of aromatic nitrogens is 3. The molecule has 96 valence electrons. The maximum atomic E-state index is 4.12. The molecule has 0 spiro atoms. The van der Waals surface area contributed by atoms with Crippen LogP contribution in [0, 0.1) is 0 Å². The Bertz CT molecular complexity index is 261. The number of hydrogen-bond acceptors (Lipinski definition) is 3. The number of rotatable bonds is 10. The first-order chi connectivity index (χ1) is 8.43. The van der Waals surface area contributed by atoms with Crippen molar-refractivity contribution in [2.75, 3.05) is 0 Å². The largest absolute Gasteiger partial charge is 0.225 e. The van der Waals surface area contributed by atoms with E-state index < -0.39 is 0 Å². The van der Waals surface area contributed by atoms with E-state index in [-0.39, 0.29) is 0 Å². The van der Waals surface area contributed by atoms with Crippen molar-refractivity contribution < 1.29 is 0 Å². The Morgan fingerprint density at radius 1 is 0.765 bits per heavy atom. The summed E-state index contributed by atoms with van der Waals surface area (Å²) >= 11 is 0. The van der Waals surface area contributed by atoms with E-state index in [0.29, 0.717) is 0 Å². The van der Waals surface area contributed by atoms with Crippen LogP contribution in [0.3, 0.4) is 0 Å². The van der Waals surface area contributed by atoms with Crippen LogP contribution in [0.25, 0.3) is 0 Å². The monoisotopic (exact) mass is 235 g/mol. The van der Waals surface area contributed by atoms with Gasteiger partial charge in [-0.2, -0.15) is 0 Å². The van der Waals surface area contributed by atoms with Crippen molar-refractivity contribution in [1.82, 2.24) is 15.0 Å². The maximum absolute atomic E-state index is 4.12. The minimum absolute atomic E-state index is 0.933. The van der Waals surface area contributed by atoms with Crippen molar-refractivity contribution >= 4 is 0 Å². The van der Waals surface area contributed by atoms with Gasteiger partial charge in [-0.05, 0) is 6.42 Å². The van der Waals surface area contributed by atoms with Crippen LogP contribution in [0.1, 0.15) is 70.5 Å². The molecule has 1 aromatic rings. The van der Waals surface area contributed by atoms with Gasteiger partial charge in [-0.25, -0.2) is 15.0 Å². The normalized spacial score (nSPS) is 10.6. The van der Waals surface area contributed by atoms with Crippen molar-refractivity contribution in [3.05, 3.63) is 18.5 Å². The van der Waals surface area contributed by atoms with Crippen LogP contribution in [-0.4, -0.2) is 15.0 Å². The average Bonchev–Trinajstić information content (AvgIpc) is 2.38. The molecule has 0 aliphatic rings. The van der Waals surface area contributed by atoms with Gasteiger partial charge in [0.05, 0.1) is 0 Å². The molecule has 0 aliphatic heterocycles. The molecular formula is C14H25N3. The number of hydrogen-bond donors (Lipinski definition) is 0. The third kappa shape index (κ3) is 7.83. The predicted molar refractivity (Wildman–Crippen MR) is 70.8 cm³/mol. The van der Waals surface area contributed by atoms with Crippen LogP contribution in [0.2, 0.25) is 0 Å². The molecule has 0 unspecified atom stereocenters. The third-order valence-electron chi connectivity index (χ3n) is 3.05. The summed E-state index contributed by atoms with van der Waals surface area (Å²) in [6.07, 6.45) is 16.4. The van der Waals surface area contributed by atoms with Crippen LogP contribution >= 0.6 is 0 Å². The van der Waals surface area contributed by atoms with Gasteiger partial charge in [0.1, 0.15) is 18.5 Å². The fraction of sp³-hybridized carbons (Fsp3) is 0.786. The summed E-state index contributed by atoms with van der Waals surface area (Å²) in [5, 5.41) is 0. The first kappa shape index (κ1) is 14.1. The van der Waals surface area contributed by atoms with Crippen molar-refractivity contribution in [1.29, 1.82) is 0 Å². The van der Waals surface area contributed by atoms with Crippen LogP contribution in [-0.2, 0) is 6.42 Å². The van der Waals surface area contributed by atoms with Gasteiger partial charge in [-0.1, -0.05) is 58.3 Å². The average molecular weight is 235 g/mol. The molecule has 17 heavy (non-hydrogen) atoms. The lowest BCUT2D eigenvalue weighted by molar-refractivity contribution is 0.561. The second kappa shape index (κ2) is 10.2. The second-order valence-corrected chi connectivity index (χ2v) is 4.63. The SMILES string of the molecule is CCCCCCCCCCCc1ncncn1. The molecule has 0 aliphatic carbocycles. The van der Waals surface area contributed by atoms with E-state index in [0.717, 1.165) is 12.2 Å². The quantitative estimate of drug-likeness (QED) is 0.576. The maximum Gasteiger partial charge on any atom is 0.131 e. The van der Waals surface area contributed by atoms with E-state index in [2.05, 4.69) is 21.9 Å². The molecule has 0 atom stereocenters. The lowest BCUT2D eigenvalue weighted by Crippen LogP contribution is -1.94. The minimum atomic E-state index is 0.933. The first-order valence-corrected chi connectivity index (χ1v) is 7.04. The van der Waals surface area contributed by atoms with Gasteiger partial charge in [0.15, 0.2) is 0 Å². The predicted octanol–water partition coefficient (Wildman–Crippen LogP) is 3.94. The zero-order chi connectivity index (χ0) is 12.2.